The summed E-state index contributed by atoms with van der Waals surface area (Å²) in [6.07, 6.45) is 3.90. The Bertz CT molecular complexity index is 419. The second-order valence-corrected chi connectivity index (χ2v) is 4.88. The van der Waals surface area contributed by atoms with Crippen LogP contribution in [-0.4, -0.2) is 20.2 Å². The van der Waals surface area contributed by atoms with Crippen LogP contribution >= 0.6 is 0 Å². The molecule has 0 radical (unpaired) electrons. The number of nitrogens with zero attached hydrogens (tertiary/aromatic N) is 1. The molecule has 0 atom stereocenters. The van der Waals surface area contributed by atoms with Gasteiger partial charge in [0.2, 0.25) is 0 Å². The lowest BCUT2D eigenvalue weighted by Gasteiger charge is -2.33. The van der Waals surface area contributed by atoms with Crippen molar-refractivity contribution in [1.29, 1.82) is 0 Å². The Morgan fingerprint density at radius 2 is 2.17 bits per heavy atom. The number of methoxy groups -OCH3 is 1. The highest BCUT2D eigenvalue weighted by Crippen LogP contribution is 2.34. The molecule has 3 nitrogen and oxygen atoms in total. The van der Waals surface area contributed by atoms with Gasteiger partial charge in [-0.15, -0.1) is 0 Å². The minimum Gasteiger partial charge on any atom is -0.494 e. The van der Waals surface area contributed by atoms with Gasteiger partial charge in [-0.05, 0) is 25.7 Å². The molecule has 2 N–H and O–H groups in total. The number of rotatable bonds is 5. The SMILES string of the molecule is CCN(CC1CCC1)c1cc(OC)c(F)cc1N. The fraction of sp³-hybridized carbons (Fsp3) is 0.571. The highest BCUT2D eigenvalue weighted by atomic mass is 19.1. The van der Waals surface area contributed by atoms with Gasteiger partial charge in [0.1, 0.15) is 0 Å². The molecule has 0 bridgehead atoms. The van der Waals surface area contributed by atoms with Crippen molar-refractivity contribution in [3.63, 3.8) is 0 Å². The van der Waals surface area contributed by atoms with E-state index in [9.17, 15) is 4.39 Å². The van der Waals surface area contributed by atoms with Crippen molar-refractivity contribution in [3.05, 3.63) is 17.9 Å². The number of nitrogens with two attached hydrogens (primary N) is 1. The Labute approximate surface area is 108 Å². The average molecular weight is 252 g/mol. The zero-order chi connectivity index (χ0) is 13.1. The smallest absolute Gasteiger partial charge is 0.167 e. The number of benzene rings is 1. The Hall–Kier alpha value is -1.45. The van der Waals surface area contributed by atoms with E-state index in [1.54, 1.807) is 6.07 Å². The Kier molecular flexibility index (Phi) is 3.94. The zero-order valence-electron chi connectivity index (χ0n) is 11.1. The Balaban J connectivity index is 2.22. The van der Waals surface area contributed by atoms with Gasteiger partial charge in [-0.1, -0.05) is 6.42 Å². The van der Waals surface area contributed by atoms with Crippen LogP contribution in [0.3, 0.4) is 0 Å². The van der Waals surface area contributed by atoms with Crippen LogP contribution in [0.2, 0.25) is 0 Å². The molecule has 1 aromatic rings. The third kappa shape index (κ3) is 2.52. The minimum absolute atomic E-state index is 0.256. The first kappa shape index (κ1) is 13.0. The molecular weight excluding hydrogens is 231 g/mol. The molecule has 1 aliphatic rings. The Morgan fingerprint density at radius 1 is 1.44 bits per heavy atom. The van der Waals surface area contributed by atoms with Crippen LogP contribution < -0.4 is 15.4 Å². The first-order valence-corrected chi connectivity index (χ1v) is 6.53. The van der Waals surface area contributed by atoms with Crippen LogP contribution in [0.1, 0.15) is 26.2 Å². The number of anilines is 2. The molecule has 4 heteroatoms. The topological polar surface area (TPSA) is 38.5 Å². The van der Waals surface area contributed by atoms with E-state index in [-0.39, 0.29) is 5.75 Å². The normalized spacial score (nSPS) is 15.3. The summed E-state index contributed by atoms with van der Waals surface area (Å²) in [5.41, 5.74) is 7.28. The number of ether oxygens (including phenoxy) is 1. The standard InChI is InChI=1S/C14H21FN2O/c1-3-17(9-10-5-4-6-10)13-8-14(18-2)11(15)7-12(13)16/h7-8,10H,3-6,9,16H2,1-2H3. The number of hydrogen-bond donors (Lipinski definition) is 1. The first-order chi connectivity index (χ1) is 8.65. The highest BCUT2D eigenvalue weighted by molar-refractivity contribution is 5.70. The molecule has 0 unspecified atom stereocenters. The summed E-state index contributed by atoms with van der Waals surface area (Å²) in [4.78, 5) is 2.21. The van der Waals surface area contributed by atoms with E-state index in [4.69, 9.17) is 10.5 Å². The van der Waals surface area contributed by atoms with Gasteiger partial charge in [-0.2, -0.15) is 0 Å². The summed E-state index contributed by atoms with van der Waals surface area (Å²) in [7, 11) is 1.47. The fourth-order valence-electron chi connectivity index (χ4n) is 2.37. The van der Waals surface area contributed by atoms with E-state index in [0.29, 0.717) is 5.69 Å². The molecule has 0 heterocycles. The van der Waals surface area contributed by atoms with Gasteiger partial charge in [0.25, 0.3) is 0 Å². The van der Waals surface area contributed by atoms with Gasteiger partial charge in [0, 0.05) is 25.2 Å². The second-order valence-electron chi connectivity index (χ2n) is 4.88. The van der Waals surface area contributed by atoms with Crippen molar-refractivity contribution in [2.45, 2.75) is 26.2 Å². The van der Waals surface area contributed by atoms with Crippen LogP contribution in [0.5, 0.6) is 5.75 Å². The van der Waals surface area contributed by atoms with Crippen LogP contribution in [0.15, 0.2) is 12.1 Å². The maximum Gasteiger partial charge on any atom is 0.167 e. The molecule has 1 saturated carbocycles. The van der Waals surface area contributed by atoms with Crippen LogP contribution in [0.25, 0.3) is 0 Å². The van der Waals surface area contributed by atoms with Crippen molar-refractivity contribution in [2.24, 2.45) is 5.92 Å². The van der Waals surface area contributed by atoms with Gasteiger partial charge in [0.05, 0.1) is 18.5 Å². The van der Waals surface area contributed by atoms with E-state index in [1.807, 2.05) is 0 Å². The molecular formula is C14H21FN2O. The summed E-state index contributed by atoms with van der Waals surface area (Å²) in [5.74, 6) is 0.602. The third-order valence-electron chi connectivity index (χ3n) is 3.73. The third-order valence-corrected chi connectivity index (χ3v) is 3.73. The summed E-state index contributed by atoms with van der Waals surface area (Å²) in [5, 5.41) is 0. The van der Waals surface area contributed by atoms with Crippen LogP contribution in [0.4, 0.5) is 15.8 Å². The van der Waals surface area contributed by atoms with Crippen molar-refractivity contribution in [3.8, 4) is 5.75 Å². The summed E-state index contributed by atoms with van der Waals surface area (Å²) in [6, 6.07) is 3.05. The van der Waals surface area contributed by atoms with E-state index in [0.717, 1.165) is 24.7 Å². The molecule has 1 aliphatic carbocycles. The summed E-state index contributed by atoms with van der Waals surface area (Å²) in [6.45, 7) is 3.96. The molecule has 0 aliphatic heterocycles. The lowest BCUT2D eigenvalue weighted by Crippen LogP contribution is -2.32. The fourth-order valence-corrected chi connectivity index (χ4v) is 2.37. The predicted molar refractivity (Wildman–Crippen MR) is 72.6 cm³/mol. The van der Waals surface area contributed by atoms with E-state index >= 15 is 0 Å². The minimum atomic E-state index is -0.404. The molecule has 18 heavy (non-hydrogen) atoms. The molecule has 1 fully saturated rings. The van der Waals surface area contributed by atoms with Crippen LogP contribution in [-0.2, 0) is 0 Å². The van der Waals surface area contributed by atoms with Gasteiger partial charge in [-0.3, -0.25) is 0 Å². The van der Waals surface area contributed by atoms with Gasteiger partial charge in [-0.25, -0.2) is 4.39 Å². The van der Waals surface area contributed by atoms with Crippen molar-refractivity contribution < 1.29 is 9.13 Å². The van der Waals surface area contributed by atoms with Crippen molar-refractivity contribution >= 4 is 11.4 Å². The van der Waals surface area contributed by atoms with Crippen molar-refractivity contribution in [2.75, 3.05) is 30.8 Å². The van der Waals surface area contributed by atoms with E-state index in [1.165, 1.54) is 32.4 Å². The molecule has 2 rings (SSSR count). The van der Waals surface area contributed by atoms with Crippen LogP contribution in [0, 0.1) is 11.7 Å². The Morgan fingerprint density at radius 3 is 2.67 bits per heavy atom. The molecule has 0 amide bonds. The van der Waals surface area contributed by atoms with Crippen molar-refractivity contribution in [1.82, 2.24) is 0 Å². The maximum atomic E-state index is 13.5. The number of halogens is 1. The van der Waals surface area contributed by atoms with Gasteiger partial charge < -0.3 is 15.4 Å². The second kappa shape index (κ2) is 5.46. The monoisotopic (exact) mass is 252 g/mol. The first-order valence-electron chi connectivity index (χ1n) is 6.53. The zero-order valence-corrected chi connectivity index (χ0v) is 11.1. The average Bonchev–Trinajstić information content (AvgIpc) is 2.29. The largest absolute Gasteiger partial charge is 0.494 e. The molecule has 0 aromatic heterocycles. The predicted octanol–water partition coefficient (Wildman–Crippen LogP) is 3.04. The number of nitrogen functional groups attached to an aromatic ring is 1. The van der Waals surface area contributed by atoms with E-state index in [2.05, 4.69) is 11.8 Å². The molecule has 0 spiro atoms. The molecule has 100 valence electrons. The summed E-state index contributed by atoms with van der Waals surface area (Å²) >= 11 is 0. The van der Waals surface area contributed by atoms with Gasteiger partial charge >= 0.3 is 0 Å². The quantitative estimate of drug-likeness (QED) is 0.819. The van der Waals surface area contributed by atoms with E-state index < -0.39 is 5.82 Å². The number of hydrogen-bond acceptors (Lipinski definition) is 3. The summed E-state index contributed by atoms with van der Waals surface area (Å²) < 4.78 is 18.5. The molecule has 0 saturated heterocycles. The lowest BCUT2D eigenvalue weighted by atomic mass is 9.85. The highest BCUT2D eigenvalue weighted by Gasteiger charge is 2.22. The van der Waals surface area contributed by atoms with Gasteiger partial charge in [0.15, 0.2) is 11.6 Å². The lowest BCUT2D eigenvalue weighted by molar-refractivity contribution is 0.318. The molecule has 1 aromatic carbocycles. The maximum absolute atomic E-state index is 13.5.